The maximum Gasteiger partial charge on any atom is 0.0200 e. The Morgan fingerprint density at radius 1 is 1.00 bits per heavy atom. The summed E-state index contributed by atoms with van der Waals surface area (Å²) in [6, 6.07) is 1.63. The second kappa shape index (κ2) is 6.76. The molecule has 3 unspecified atom stereocenters. The van der Waals surface area contributed by atoms with Gasteiger partial charge in [0.15, 0.2) is 0 Å². The van der Waals surface area contributed by atoms with Crippen LogP contribution in [0.15, 0.2) is 0 Å². The van der Waals surface area contributed by atoms with Crippen LogP contribution >= 0.6 is 0 Å². The maximum atomic E-state index is 3.93. The predicted octanol–water partition coefficient (Wildman–Crippen LogP) is 2.18. The molecule has 0 bridgehead atoms. The Morgan fingerprint density at radius 3 is 2.40 bits per heavy atom. The number of nitrogens with one attached hydrogen (secondary N) is 1. The fraction of sp³-hybridized carbons (Fsp3) is 1.00. The van der Waals surface area contributed by atoms with Gasteiger partial charge >= 0.3 is 0 Å². The molecule has 3 rings (SSSR count). The topological polar surface area (TPSA) is 18.5 Å². The number of fused-ring (bicyclic) bond motifs is 1. The Morgan fingerprint density at radius 2 is 1.70 bits per heavy atom. The van der Waals surface area contributed by atoms with Gasteiger partial charge in [0, 0.05) is 51.4 Å². The maximum absolute atomic E-state index is 3.93. The monoisotopic (exact) mass is 279 g/mol. The largest absolute Gasteiger partial charge is 0.310 e. The molecule has 116 valence electrons. The van der Waals surface area contributed by atoms with E-state index >= 15 is 0 Å². The molecule has 20 heavy (non-hydrogen) atoms. The smallest absolute Gasteiger partial charge is 0.0200 e. The molecule has 0 spiro atoms. The number of hydrogen-bond donors (Lipinski definition) is 1. The second-order valence-electron chi connectivity index (χ2n) is 7.75. The lowest BCUT2D eigenvalue weighted by molar-refractivity contribution is 0.115. The van der Waals surface area contributed by atoms with Crippen molar-refractivity contribution in [3.8, 4) is 0 Å². The Balaban J connectivity index is 1.39. The SMILES string of the molecule is CC(C)CN1CCN(CC2CC3CCCCC3N2)CC1. The van der Waals surface area contributed by atoms with Gasteiger partial charge in [0.1, 0.15) is 0 Å². The highest BCUT2D eigenvalue weighted by Gasteiger charge is 2.35. The van der Waals surface area contributed by atoms with Crippen molar-refractivity contribution in [3.63, 3.8) is 0 Å². The third kappa shape index (κ3) is 3.75. The fourth-order valence-corrected chi connectivity index (χ4v) is 4.56. The van der Waals surface area contributed by atoms with Gasteiger partial charge in [-0.15, -0.1) is 0 Å². The first-order valence-electron chi connectivity index (χ1n) is 8.91. The second-order valence-corrected chi connectivity index (χ2v) is 7.75. The zero-order valence-corrected chi connectivity index (χ0v) is 13.5. The van der Waals surface area contributed by atoms with Crippen molar-refractivity contribution in [2.24, 2.45) is 11.8 Å². The Labute approximate surface area is 125 Å². The molecule has 0 radical (unpaired) electrons. The first-order chi connectivity index (χ1) is 9.70. The average molecular weight is 279 g/mol. The van der Waals surface area contributed by atoms with Crippen molar-refractivity contribution in [1.82, 2.24) is 15.1 Å². The quantitative estimate of drug-likeness (QED) is 0.851. The lowest BCUT2D eigenvalue weighted by Gasteiger charge is -2.36. The highest BCUT2D eigenvalue weighted by molar-refractivity contribution is 4.94. The molecule has 2 heterocycles. The van der Waals surface area contributed by atoms with Crippen LogP contribution in [-0.4, -0.2) is 61.2 Å². The van der Waals surface area contributed by atoms with Gasteiger partial charge in [-0.3, -0.25) is 4.90 Å². The minimum atomic E-state index is 0.778. The third-order valence-electron chi connectivity index (χ3n) is 5.51. The zero-order chi connectivity index (χ0) is 13.9. The normalized spacial score (nSPS) is 36.5. The summed E-state index contributed by atoms with van der Waals surface area (Å²) in [5.74, 6) is 1.80. The molecule has 3 nitrogen and oxygen atoms in total. The van der Waals surface area contributed by atoms with E-state index in [0.717, 1.165) is 23.9 Å². The van der Waals surface area contributed by atoms with E-state index in [4.69, 9.17) is 0 Å². The van der Waals surface area contributed by atoms with Crippen LogP contribution in [0.2, 0.25) is 0 Å². The first-order valence-corrected chi connectivity index (χ1v) is 8.91. The predicted molar refractivity (Wildman–Crippen MR) is 85.0 cm³/mol. The molecule has 0 aromatic heterocycles. The summed E-state index contributed by atoms with van der Waals surface area (Å²) in [7, 11) is 0. The van der Waals surface area contributed by atoms with Crippen molar-refractivity contribution in [1.29, 1.82) is 0 Å². The number of nitrogens with zero attached hydrogens (tertiary/aromatic N) is 2. The molecular formula is C17H33N3. The first kappa shape index (κ1) is 14.8. The average Bonchev–Trinajstić information content (AvgIpc) is 2.82. The zero-order valence-electron chi connectivity index (χ0n) is 13.5. The van der Waals surface area contributed by atoms with E-state index in [-0.39, 0.29) is 0 Å². The minimum absolute atomic E-state index is 0.778. The van der Waals surface area contributed by atoms with E-state index < -0.39 is 0 Å². The Kier molecular flexibility index (Phi) is 5.00. The summed E-state index contributed by atoms with van der Waals surface area (Å²) in [6.45, 7) is 12.3. The molecular weight excluding hydrogens is 246 g/mol. The van der Waals surface area contributed by atoms with Crippen LogP contribution < -0.4 is 5.32 Å². The van der Waals surface area contributed by atoms with E-state index in [1.54, 1.807) is 0 Å². The third-order valence-corrected chi connectivity index (χ3v) is 5.51. The van der Waals surface area contributed by atoms with Crippen molar-refractivity contribution in [2.75, 3.05) is 39.3 Å². The van der Waals surface area contributed by atoms with E-state index in [9.17, 15) is 0 Å². The van der Waals surface area contributed by atoms with Crippen molar-refractivity contribution in [2.45, 2.75) is 58.0 Å². The van der Waals surface area contributed by atoms with Gasteiger partial charge in [0.2, 0.25) is 0 Å². The summed E-state index contributed by atoms with van der Waals surface area (Å²) < 4.78 is 0. The summed E-state index contributed by atoms with van der Waals surface area (Å²) in [4.78, 5) is 5.34. The van der Waals surface area contributed by atoms with E-state index in [0.29, 0.717) is 0 Å². The van der Waals surface area contributed by atoms with E-state index in [1.165, 1.54) is 71.4 Å². The number of piperazine rings is 1. The summed E-state index contributed by atoms with van der Waals surface area (Å²) in [6.07, 6.45) is 7.29. The van der Waals surface area contributed by atoms with Crippen LogP contribution in [0.3, 0.4) is 0 Å². The summed E-state index contributed by atoms with van der Waals surface area (Å²) >= 11 is 0. The van der Waals surface area contributed by atoms with Crippen molar-refractivity contribution >= 4 is 0 Å². The highest BCUT2D eigenvalue weighted by atomic mass is 15.3. The Hall–Kier alpha value is -0.120. The van der Waals surface area contributed by atoms with Crippen molar-refractivity contribution in [3.05, 3.63) is 0 Å². The molecule has 0 aromatic carbocycles. The molecule has 2 saturated heterocycles. The molecule has 2 aliphatic heterocycles. The van der Waals surface area contributed by atoms with Gasteiger partial charge < -0.3 is 10.2 Å². The lowest BCUT2D eigenvalue weighted by atomic mass is 9.85. The molecule has 0 amide bonds. The van der Waals surface area contributed by atoms with Crippen LogP contribution in [0.4, 0.5) is 0 Å². The standard InChI is InChI=1S/C17H33N3/c1-14(2)12-19-7-9-20(10-8-19)13-16-11-15-5-3-4-6-17(15)18-16/h14-18H,3-13H2,1-2H3. The number of hydrogen-bond acceptors (Lipinski definition) is 3. The van der Waals surface area contributed by atoms with Gasteiger partial charge in [-0.05, 0) is 31.1 Å². The molecule has 1 aliphatic carbocycles. The molecule has 3 aliphatic rings. The van der Waals surface area contributed by atoms with Crippen LogP contribution in [0.1, 0.15) is 46.0 Å². The van der Waals surface area contributed by atoms with Gasteiger partial charge in [-0.2, -0.15) is 0 Å². The molecule has 1 saturated carbocycles. The summed E-state index contributed by atoms with van der Waals surface area (Å²) in [5, 5.41) is 3.93. The molecule has 3 atom stereocenters. The minimum Gasteiger partial charge on any atom is -0.310 e. The van der Waals surface area contributed by atoms with Crippen LogP contribution in [0.5, 0.6) is 0 Å². The van der Waals surface area contributed by atoms with Gasteiger partial charge in [0.25, 0.3) is 0 Å². The van der Waals surface area contributed by atoms with Gasteiger partial charge in [0.05, 0.1) is 0 Å². The fourth-order valence-electron chi connectivity index (χ4n) is 4.56. The van der Waals surface area contributed by atoms with Crippen LogP contribution in [0.25, 0.3) is 0 Å². The number of rotatable bonds is 4. The highest BCUT2D eigenvalue weighted by Crippen LogP contribution is 2.33. The molecule has 0 aromatic rings. The van der Waals surface area contributed by atoms with Crippen LogP contribution in [-0.2, 0) is 0 Å². The molecule has 3 fully saturated rings. The van der Waals surface area contributed by atoms with E-state index in [1.807, 2.05) is 0 Å². The lowest BCUT2D eigenvalue weighted by Crippen LogP contribution is -2.50. The molecule has 1 N–H and O–H groups in total. The van der Waals surface area contributed by atoms with Gasteiger partial charge in [-0.1, -0.05) is 26.7 Å². The van der Waals surface area contributed by atoms with Crippen molar-refractivity contribution < 1.29 is 0 Å². The molecule has 3 heteroatoms. The van der Waals surface area contributed by atoms with E-state index in [2.05, 4.69) is 29.0 Å². The Bertz CT molecular complexity index is 283. The van der Waals surface area contributed by atoms with Crippen LogP contribution in [0, 0.1) is 11.8 Å². The van der Waals surface area contributed by atoms with Gasteiger partial charge in [-0.25, -0.2) is 0 Å². The summed E-state index contributed by atoms with van der Waals surface area (Å²) in [5.41, 5.74) is 0.